The van der Waals surface area contributed by atoms with Crippen molar-refractivity contribution in [2.45, 2.75) is 19.8 Å². The molecule has 0 fully saturated rings. The molecule has 2 N–H and O–H groups in total. The Bertz CT molecular complexity index is 532. The van der Waals surface area contributed by atoms with E-state index in [0.717, 1.165) is 5.56 Å². The van der Waals surface area contributed by atoms with Crippen LogP contribution in [0.15, 0.2) is 42.5 Å². The second kappa shape index (κ2) is 4.80. The van der Waals surface area contributed by atoms with E-state index in [1.165, 1.54) is 11.1 Å². The standard InChI is InChI=1S/C15H16ClN/c1-10(2)12-5-3-4-6-13(12)14-8-7-11(17)9-15(14)16/h3-10H,17H2,1-2H3. The predicted molar refractivity (Wildman–Crippen MR) is 75.4 cm³/mol. The largest absolute Gasteiger partial charge is 0.399 e. The van der Waals surface area contributed by atoms with Gasteiger partial charge in [0, 0.05) is 11.3 Å². The van der Waals surface area contributed by atoms with Gasteiger partial charge in [0.05, 0.1) is 5.02 Å². The number of rotatable bonds is 2. The molecule has 0 radical (unpaired) electrons. The molecule has 0 amide bonds. The van der Waals surface area contributed by atoms with E-state index < -0.39 is 0 Å². The Morgan fingerprint density at radius 1 is 1.00 bits per heavy atom. The Morgan fingerprint density at radius 2 is 1.71 bits per heavy atom. The third kappa shape index (κ3) is 2.45. The number of benzene rings is 2. The van der Waals surface area contributed by atoms with Gasteiger partial charge < -0.3 is 5.73 Å². The molecule has 0 unspecified atom stereocenters. The summed E-state index contributed by atoms with van der Waals surface area (Å²) in [4.78, 5) is 0. The Labute approximate surface area is 107 Å². The van der Waals surface area contributed by atoms with Crippen LogP contribution in [0.25, 0.3) is 11.1 Å². The Kier molecular flexibility index (Phi) is 3.39. The average Bonchev–Trinajstić information content (AvgIpc) is 2.29. The Morgan fingerprint density at radius 3 is 2.35 bits per heavy atom. The minimum atomic E-state index is 0.472. The summed E-state index contributed by atoms with van der Waals surface area (Å²) in [6.45, 7) is 4.37. The quantitative estimate of drug-likeness (QED) is 0.762. The molecule has 2 aromatic carbocycles. The van der Waals surface area contributed by atoms with E-state index >= 15 is 0 Å². The van der Waals surface area contributed by atoms with Gasteiger partial charge in [-0.05, 0) is 29.2 Å². The maximum atomic E-state index is 6.26. The maximum Gasteiger partial charge on any atom is 0.0504 e. The average molecular weight is 246 g/mol. The van der Waals surface area contributed by atoms with Crippen molar-refractivity contribution >= 4 is 17.3 Å². The SMILES string of the molecule is CC(C)c1ccccc1-c1ccc(N)cc1Cl. The smallest absolute Gasteiger partial charge is 0.0504 e. The molecule has 0 bridgehead atoms. The molecule has 0 saturated heterocycles. The lowest BCUT2D eigenvalue weighted by atomic mass is 9.92. The zero-order valence-electron chi connectivity index (χ0n) is 10.1. The van der Waals surface area contributed by atoms with Gasteiger partial charge in [-0.2, -0.15) is 0 Å². The zero-order valence-corrected chi connectivity index (χ0v) is 10.8. The summed E-state index contributed by atoms with van der Waals surface area (Å²) in [5, 5.41) is 0.707. The van der Waals surface area contributed by atoms with Gasteiger partial charge in [0.25, 0.3) is 0 Å². The van der Waals surface area contributed by atoms with Gasteiger partial charge in [-0.15, -0.1) is 0 Å². The highest BCUT2D eigenvalue weighted by Crippen LogP contribution is 2.34. The van der Waals surface area contributed by atoms with Crippen molar-refractivity contribution in [3.05, 3.63) is 53.1 Å². The summed E-state index contributed by atoms with van der Waals surface area (Å²) in [6, 6.07) is 14.0. The first kappa shape index (κ1) is 12.0. The van der Waals surface area contributed by atoms with Crippen molar-refractivity contribution in [1.82, 2.24) is 0 Å². The van der Waals surface area contributed by atoms with Gasteiger partial charge in [0.15, 0.2) is 0 Å². The van der Waals surface area contributed by atoms with Crippen molar-refractivity contribution in [2.24, 2.45) is 0 Å². The first-order valence-corrected chi connectivity index (χ1v) is 6.11. The Balaban J connectivity index is 2.60. The topological polar surface area (TPSA) is 26.0 Å². The van der Waals surface area contributed by atoms with Crippen LogP contribution < -0.4 is 5.73 Å². The van der Waals surface area contributed by atoms with Crippen LogP contribution in [-0.2, 0) is 0 Å². The minimum absolute atomic E-state index is 0.472. The van der Waals surface area contributed by atoms with E-state index in [4.69, 9.17) is 17.3 Å². The van der Waals surface area contributed by atoms with Crippen LogP contribution in [0.5, 0.6) is 0 Å². The summed E-state index contributed by atoms with van der Waals surface area (Å²) in [7, 11) is 0. The van der Waals surface area contributed by atoms with E-state index in [0.29, 0.717) is 16.6 Å². The molecule has 88 valence electrons. The summed E-state index contributed by atoms with van der Waals surface area (Å²) in [6.07, 6.45) is 0. The fourth-order valence-electron chi connectivity index (χ4n) is 2.00. The van der Waals surface area contributed by atoms with Crippen LogP contribution in [-0.4, -0.2) is 0 Å². The number of hydrogen-bond donors (Lipinski definition) is 1. The number of nitrogens with two attached hydrogens (primary N) is 1. The molecule has 2 heteroatoms. The molecule has 2 aromatic rings. The van der Waals surface area contributed by atoms with Gasteiger partial charge in [-0.3, -0.25) is 0 Å². The molecule has 17 heavy (non-hydrogen) atoms. The van der Waals surface area contributed by atoms with Crippen LogP contribution in [0.4, 0.5) is 5.69 Å². The van der Waals surface area contributed by atoms with Crippen molar-refractivity contribution in [3.8, 4) is 11.1 Å². The normalized spacial score (nSPS) is 10.8. The lowest BCUT2D eigenvalue weighted by Crippen LogP contribution is -1.93. The highest BCUT2D eigenvalue weighted by Gasteiger charge is 2.10. The molecule has 0 spiro atoms. The third-order valence-electron chi connectivity index (χ3n) is 2.87. The molecule has 1 nitrogen and oxygen atoms in total. The molecule has 0 saturated carbocycles. The fourth-order valence-corrected chi connectivity index (χ4v) is 2.29. The first-order valence-electron chi connectivity index (χ1n) is 5.74. The lowest BCUT2D eigenvalue weighted by Gasteiger charge is -2.14. The van der Waals surface area contributed by atoms with Crippen molar-refractivity contribution in [3.63, 3.8) is 0 Å². The molecule has 0 atom stereocenters. The van der Waals surface area contributed by atoms with Crippen LogP contribution in [0.1, 0.15) is 25.3 Å². The van der Waals surface area contributed by atoms with Gasteiger partial charge in [-0.1, -0.05) is 55.8 Å². The van der Waals surface area contributed by atoms with Gasteiger partial charge in [0.2, 0.25) is 0 Å². The predicted octanol–water partition coefficient (Wildman–Crippen LogP) is 4.71. The molecular weight excluding hydrogens is 230 g/mol. The number of anilines is 1. The molecule has 0 aliphatic rings. The second-order valence-electron chi connectivity index (χ2n) is 4.48. The zero-order chi connectivity index (χ0) is 12.4. The van der Waals surface area contributed by atoms with Crippen LogP contribution in [0.3, 0.4) is 0 Å². The summed E-state index contributed by atoms with van der Waals surface area (Å²) in [5.41, 5.74) is 9.95. The summed E-state index contributed by atoms with van der Waals surface area (Å²) in [5.74, 6) is 0.472. The van der Waals surface area contributed by atoms with Crippen molar-refractivity contribution < 1.29 is 0 Å². The third-order valence-corrected chi connectivity index (χ3v) is 3.18. The van der Waals surface area contributed by atoms with Crippen LogP contribution in [0.2, 0.25) is 5.02 Å². The lowest BCUT2D eigenvalue weighted by molar-refractivity contribution is 0.869. The summed E-state index contributed by atoms with van der Waals surface area (Å²) < 4.78 is 0. The summed E-state index contributed by atoms with van der Waals surface area (Å²) >= 11 is 6.26. The number of hydrogen-bond acceptors (Lipinski definition) is 1. The van der Waals surface area contributed by atoms with E-state index in [-0.39, 0.29) is 0 Å². The Hall–Kier alpha value is -1.47. The molecule has 0 heterocycles. The highest BCUT2D eigenvalue weighted by atomic mass is 35.5. The monoisotopic (exact) mass is 245 g/mol. The first-order chi connectivity index (χ1) is 8.09. The van der Waals surface area contributed by atoms with E-state index in [1.807, 2.05) is 18.2 Å². The molecular formula is C15H16ClN. The van der Waals surface area contributed by atoms with Crippen molar-refractivity contribution in [2.75, 3.05) is 5.73 Å². The molecule has 0 aliphatic heterocycles. The van der Waals surface area contributed by atoms with E-state index in [1.54, 1.807) is 6.07 Å². The van der Waals surface area contributed by atoms with Gasteiger partial charge in [-0.25, -0.2) is 0 Å². The molecule has 0 aliphatic carbocycles. The van der Waals surface area contributed by atoms with E-state index in [2.05, 4.69) is 32.0 Å². The molecule has 0 aromatic heterocycles. The number of halogens is 1. The minimum Gasteiger partial charge on any atom is -0.399 e. The molecule has 2 rings (SSSR count). The maximum absolute atomic E-state index is 6.26. The van der Waals surface area contributed by atoms with Crippen LogP contribution >= 0.6 is 11.6 Å². The van der Waals surface area contributed by atoms with E-state index in [9.17, 15) is 0 Å². The van der Waals surface area contributed by atoms with Crippen LogP contribution in [0, 0.1) is 0 Å². The van der Waals surface area contributed by atoms with Gasteiger partial charge >= 0.3 is 0 Å². The fraction of sp³-hybridized carbons (Fsp3) is 0.200. The number of nitrogen functional groups attached to an aromatic ring is 1. The van der Waals surface area contributed by atoms with Crippen molar-refractivity contribution in [1.29, 1.82) is 0 Å². The second-order valence-corrected chi connectivity index (χ2v) is 4.89. The van der Waals surface area contributed by atoms with Gasteiger partial charge in [0.1, 0.15) is 0 Å². The highest BCUT2D eigenvalue weighted by molar-refractivity contribution is 6.33.